The van der Waals surface area contributed by atoms with Crippen molar-refractivity contribution >= 4 is 22.8 Å². The van der Waals surface area contributed by atoms with Gasteiger partial charge >= 0.3 is 0 Å². The summed E-state index contributed by atoms with van der Waals surface area (Å²) < 4.78 is 18.9. The number of amides is 1. The number of piperidine rings is 1. The van der Waals surface area contributed by atoms with E-state index >= 15 is 0 Å². The summed E-state index contributed by atoms with van der Waals surface area (Å²) in [5, 5.41) is 7.95. The summed E-state index contributed by atoms with van der Waals surface area (Å²) in [6.45, 7) is 3.99. The zero-order chi connectivity index (χ0) is 23.5. The number of nitrogens with one attached hydrogen (secondary N) is 1. The third-order valence-corrected chi connectivity index (χ3v) is 6.30. The lowest BCUT2D eigenvalue weighted by molar-refractivity contribution is -0.125. The molecule has 5 rings (SSSR count). The standard InChI is InChI=1S/C26H26FN5O2/c1-17-4-6-18(7-5-17)12-13-28-25(33)20-3-2-14-32(15-20)24-22-23(19-8-10-21(27)11-9-19)31-34-26(22)30-16-29-24/h4-11,16,20H,2-3,12-15H2,1H3,(H,28,33)/t20-/m1/s1. The Morgan fingerprint density at radius 2 is 1.94 bits per heavy atom. The highest BCUT2D eigenvalue weighted by molar-refractivity contribution is 5.98. The molecule has 0 saturated carbocycles. The SMILES string of the molecule is Cc1ccc(CCNC(=O)[C@@H]2CCCN(c3ncnc4onc(-c5ccc(F)cc5)c34)C2)cc1. The molecule has 1 aliphatic rings. The molecule has 8 heteroatoms. The number of carbonyl (C=O) groups is 1. The predicted octanol–water partition coefficient (Wildman–Crippen LogP) is 4.31. The van der Waals surface area contributed by atoms with Gasteiger partial charge in [-0.2, -0.15) is 4.98 Å². The molecule has 0 radical (unpaired) electrons. The van der Waals surface area contributed by atoms with Gasteiger partial charge in [0.25, 0.3) is 5.71 Å². The van der Waals surface area contributed by atoms with Crippen LogP contribution in [-0.2, 0) is 11.2 Å². The van der Waals surface area contributed by atoms with Crippen LogP contribution in [0.15, 0.2) is 59.4 Å². The van der Waals surface area contributed by atoms with E-state index in [1.165, 1.54) is 29.6 Å². The summed E-state index contributed by atoms with van der Waals surface area (Å²) >= 11 is 0. The van der Waals surface area contributed by atoms with Gasteiger partial charge in [0, 0.05) is 25.2 Å². The van der Waals surface area contributed by atoms with Gasteiger partial charge in [-0.1, -0.05) is 35.0 Å². The van der Waals surface area contributed by atoms with Crippen molar-refractivity contribution in [1.29, 1.82) is 0 Å². The van der Waals surface area contributed by atoms with Crippen LogP contribution in [0.1, 0.15) is 24.0 Å². The molecule has 0 spiro atoms. The molecule has 1 aliphatic heterocycles. The van der Waals surface area contributed by atoms with Gasteiger partial charge in [0.2, 0.25) is 5.91 Å². The molecule has 0 bridgehead atoms. The van der Waals surface area contributed by atoms with Crippen LogP contribution in [0.2, 0.25) is 0 Å². The number of halogens is 1. The van der Waals surface area contributed by atoms with Gasteiger partial charge in [0.15, 0.2) is 0 Å². The van der Waals surface area contributed by atoms with Crippen LogP contribution in [0, 0.1) is 18.7 Å². The Hall–Kier alpha value is -3.81. The highest BCUT2D eigenvalue weighted by Crippen LogP contribution is 2.34. The molecule has 1 N–H and O–H groups in total. The zero-order valence-corrected chi connectivity index (χ0v) is 19.0. The van der Waals surface area contributed by atoms with Crippen LogP contribution in [0.5, 0.6) is 0 Å². The van der Waals surface area contributed by atoms with Crippen molar-refractivity contribution in [2.75, 3.05) is 24.5 Å². The Labute approximate surface area is 197 Å². The largest absolute Gasteiger partial charge is 0.355 e. The second kappa shape index (κ2) is 9.59. The summed E-state index contributed by atoms with van der Waals surface area (Å²) in [6.07, 6.45) is 3.95. The zero-order valence-electron chi connectivity index (χ0n) is 19.0. The van der Waals surface area contributed by atoms with Gasteiger partial charge in [-0.15, -0.1) is 0 Å². The van der Waals surface area contributed by atoms with Gasteiger partial charge in [0.1, 0.15) is 29.0 Å². The quantitative estimate of drug-likeness (QED) is 0.463. The molecular formula is C26H26FN5O2. The van der Waals surface area contributed by atoms with Crippen molar-refractivity contribution in [3.63, 3.8) is 0 Å². The van der Waals surface area contributed by atoms with Gasteiger partial charge in [0.05, 0.1) is 5.92 Å². The van der Waals surface area contributed by atoms with E-state index in [0.717, 1.165) is 31.4 Å². The molecular weight excluding hydrogens is 433 g/mol. The molecule has 0 unspecified atom stereocenters. The number of fused-ring (bicyclic) bond motifs is 1. The summed E-state index contributed by atoms with van der Waals surface area (Å²) in [7, 11) is 0. The Morgan fingerprint density at radius 1 is 1.15 bits per heavy atom. The molecule has 4 aromatic rings. The molecule has 0 aliphatic carbocycles. The maximum atomic E-state index is 13.4. The maximum Gasteiger partial charge on any atom is 0.263 e. The Balaban J connectivity index is 1.31. The highest BCUT2D eigenvalue weighted by atomic mass is 19.1. The first-order chi connectivity index (χ1) is 16.6. The minimum Gasteiger partial charge on any atom is -0.355 e. The Bertz CT molecular complexity index is 1290. The van der Waals surface area contributed by atoms with Crippen molar-refractivity contribution in [1.82, 2.24) is 20.4 Å². The number of carbonyl (C=O) groups excluding carboxylic acids is 1. The lowest BCUT2D eigenvalue weighted by atomic mass is 9.96. The fraction of sp³-hybridized carbons (Fsp3) is 0.308. The number of benzene rings is 2. The van der Waals surface area contributed by atoms with E-state index in [4.69, 9.17) is 4.52 Å². The fourth-order valence-corrected chi connectivity index (χ4v) is 4.43. The summed E-state index contributed by atoms with van der Waals surface area (Å²) in [4.78, 5) is 23.7. The van der Waals surface area contributed by atoms with Crippen LogP contribution < -0.4 is 10.2 Å². The average Bonchev–Trinajstić information content (AvgIpc) is 3.30. The number of hydrogen-bond acceptors (Lipinski definition) is 6. The minimum atomic E-state index is -0.319. The third kappa shape index (κ3) is 4.62. The van der Waals surface area contributed by atoms with Gasteiger partial charge in [-0.25, -0.2) is 9.37 Å². The van der Waals surface area contributed by atoms with Crippen LogP contribution >= 0.6 is 0 Å². The van der Waals surface area contributed by atoms with Crippen molar-refractivity contribution in [3.05, 3.63) is 71.8 Å². The number of nitrogens with zero attached hydrogens (tertiary/aromatic N) is 4. The van der Waals surface area contributed by atoms with E-state index in [1.807, 2.05) is 0 Å². The van der Waals surface area contributed by atoms with Crippen molar-refractivity contribution < 1.29 is 13.7 Å². The van der Waals surface area contributed by atoms with Crippen LogP contribution in [0.4, 0.5) is 10.2 Å². The lowest BCUT2D eigenvalue weighted by Crippen LogP contribution is -2.43. The number of hydrogen-bond donors (Lipinski definition) is 1. The molecule has 2 aromatic heterocycles. The van der Waals surface area contributed by atoms with E-state index in [9.17, 15) is 9.18 Å². The van der Waals surface area contributed by atoms with Crippen LogP contribution in [0.25, 0.3) is 22.4 Å². The average molecular weight is 460 g/mol. The van der Waals surface area contributed by atoms with E-state index in [2.05, 4.69) is 56.5 Å². The van der Waals surface area contributed by atoms with Crippen molar-refractivity contribution in [2.45, 2.75) is 26.2 Å². The number of rotatable bonds is 6. The maximum absolute atomic E-state index is 13.4. The monoisotopic (exact) mass is 459 g/mol. The summed E-state index contributed by atoms with van der Waals surface area (Å²) in [5.41, 5.74) is 4.09. The molecule has 1 fully saturated rings. The second-order valence-electron chi connectivity index (χ2n) is 8.73. The smallest absolute Gasteiger partial charge is 0.263 e. The molecule has 34 heavy (non-hydrogen) atoms. The van der Waals surface area contributed by atoms with Gasteiger partial charge < -0.3 is 14.7 Å². The van der Waals surface area contributed by atoms with E-state index < -0.39 is 0 Å². The third-order valence-electron chi connectivity index (χ3n) is 6.30. The van der Waals surface area contributed by atoms with Crippen molar-refractivity contribution in [2.24, 2.45) is 5.92 Å². The van der Waals surface area contributed by atoms with Gasteiger partial charge in [-0.3, -0.25) is 4.79 Å². The van der Waals surface area contributed by atoms with E-state index in [0.29, 0.717) is 35.7 Å². The molecule has 7 nitrogen and oxygen atoms in total. The van der Waals surface area contributed by atoms with Gasteiger partial charge in [-0.05, 0) is 56.0 Å². The molecule has 1 saturated heterocycles. The number of aryl methyl sites for hydroxylation is 1. The Morgan fingerprint density at radius 3 is 2.74 bits per heavy atom. The van der Waals surface area contributed by atoms with E-state index in [-0.39, 0.29) is 17.6 Å². The first-order valence-corrected chi connectivity index (χ1v) is 11.5. The highest BCUT2D eigenvalue weighted by Gasteiger charge is 2.29. The summed E-state index contributed by atoms with van der Waals surface area (Å²) in [6, 6.07) is 14.5. The minimum absolute atomic E-state index is 0.0613. The van der Waals surface area contributed by atoms with Crippen molar-refractivity contribution in [3.8, 4) is 11.3 Å². The lowest BCUT2D eigenvalue weighted by Gasteiger charge is -2.33. The molecule has 2 aromatic carbocycles. The second-order valence-corrected chi connectivity index (χ2v) is 8.73. The molecule has 174 valence electrons. The molecule has 3 heterocycles. The first-order valence-electron chi connectivity index (χ1n) is 11.5. The normalized spacial score (nSPS) is 16.1. The van der Waals surface area contributed by atoms with E-state index in [1.54, 1.807) is 12.1 Å². The molecule has 1 atom stereocenters. The topological polar surface area (TPSA) is 84.2 Å². The Kier molecular flexibility index (Phi) is 6.20. The number of aromatic nitrogens is 3. The molecule has 1 amide bonds. The predicted molar refractivity (Wildman–Crippen MR) is 128 cm³/mol. The first kappa shape index (κ1) is 22.0. The van der Waals surface area contributed by atoms with Crippen LogP contribution in [-0.4, -0.2) is 40.7 Å². The summed E-state index contributed by atoms with van der Waals surface area (Å²) in [5.74, 6) is 0.292. The van der Waals surface area contributed by atoms with Crippen LogP contribution in [0.3, 0.4) is 0 Å². The fourth-order valence-electron chi connectivity index (χ4n) is 4.43. The number of anilines is 1.